The first kappa shape index (κ1) is 71.3. The van der Waals surface area contributed by atoms with Crippen LogP contribution in [0, 0.1) is 0 Å². The molecule has 0 spiro atoms. The van der Waals surface area contributed by atoms with Crippen LogP contribution < -0.4 is 0 Å². The molecule has 0 aliphatic carbocycles. The third-order valence-electron chi connectivity index (χ3n) is 25.0. The molecule has 0 atom stereocenters. The fraction of sp³-hybridized carbons (Fsp3) is 0. The second kappa shape index (κ2) is 30.2. The van der Waals surface area contributed by atoms with E-state index in [4.69, 9.17) is 0 Å². The van der Waals surface area contributed by atoms with Crippen molar-refractivity contribution in [3.63, 3.8) is 0 Å². The van der Waals surface area contributed by atoms with Crippen LogP contribution in [0.15, 0.2) is 473 Å². The lowest BCUT2D eigenvalue weighted by Crippen LogP contribution is -1.95. The average Bonchev–Trinajstić information content (AvgIpc) is 1.70. The van der Waals surface area contributed by atoms with Gasteiger partial charge in [0.15, 0.2) is 0 Å². The minimum Gasteiger partial charge on any atom is -0.309 e. The highest BCUT2D eigenvalue weighted by Crippen LogP contribution is 2.45. The lowest BCUT2D eigenvalue weighted by atomic mass is 9.90. The lowest BCUT2D eigenvalue weighted by Gasteiger charge is -2.14. The molecule has 0 saturated heterocycles. The number of benzene rings is 21. The summed E-state index contributed by atoms with van der Waals surface area (Å²) in [5.74, 6) is 0. The van der Waals surface area contributed by atoms with Gasteiger partial charge in [-0.2, -0.15) is 0 Å². The molecule has 2 nitrogen and oxygen atoms in total. The van der Waals surface area contributed by atoms with Gasteiger partial charge in [-0.15, -0.1) is 0 Å². The summed E-state index contributed by atoms with van der Waals surface area (Å²) < 4.78 is 4.89. The number of nitrogens with zero attached hydrogens (tertiary/aromatic N) is 2. The summed E-state index contributed by atoms with van der Waals surface area (Å²) in [5, 5.41) is 12.6. The third kappa shape index (κ3) is 13.0. The summed E-state index contributed by atoms with van der Waals surface area (Å²) in [6, 6.07) is 175. The van der Waals surface area contributed by atoms with E-state index in [1.807, 2.05) is 0 Å². The van der Waals surface area contributed by atoms with Crippen LogP contribution in [0.1, 0.15) is 0 Å². The Morgan fingerprint density at radius 1 is 0.0902 bits per heavy atom. The maximum Gasteiger partial charge on any atom is 0.0541 e. The minimum absolute atomic E-state index is 1.11. The summed E-state index contributed by atoms with van der Waals surface area (Å²) >= 11 is 0. The largest absolute Gasteiger partial charge is 0.309 e. The number of hydrogen-bond donors (Lipinski definition) is 0. The highest BCUT2D eigenvalue weighted by molar-refractivity contribution is 6.26. The van der Waals surface area contributed by atoms with Crippen LogP contribution >= 0.6 is 0 Å². The van der Waals surface area contributed by atoms with Crippen LogP contribution in [0.3, 0.4) is 0 Å². The molecule has 0 unspecified atom stereocenters. The zero-order valence-electron chi connectivity index (χ0n) is 66.9. The van der Waals surface area contributed by atoms with E-state index in [-0.39, 0.29) is 0 Å². The Hall–Kier alpha value is -16.0. The topological polar surface area (TPSA) is 9.86 Å². The lowest BCUT2D eigenvalue weighted by molar-refractivity contribution is 1.18. The minimum atomic E-state index is 1.11. The Kier molecular flexibility index (Phi) is 17.6. The van der Waals surface area contributed by atoms with Crippen molar-refractivity contribution < 1.29 is 0 Å². The smallest absolute Gasteiger partial charge is 0.0541 e. The molecule has 568 valence electrons. The van der Waals surface area contributed by atoms with Gasteiger partial charge in [-0.05, 0) is 304 Å². The Morgan fingerprint density at radius 2 is 0.279 bits per heavy atom. The normalized spacial score (nSPS) is 11.6. The molecule has 0 radical (unpaired) electrons. The molecule has 0 aliphatic heterocycles. The van der Waals surface area contributed by atoms with Gasteiger partial charge in [-0.1, -0.05) is 346 Å². The average molecular weight is 1550 g/mol. The van der Waals surface area contributed by atoms with Crippen LogP contribution in [-0.4, -0.2) is 9.13 Å². The van der Waals surface area contributed by atoms with Crippen molar-refractivity contribution in [2.75, 3.05) is 0 Å². The molecule has 0 amide bonds. The second-order valence-corrected chi connectivity index (χ2v) is 32.3. The predicted octanol–water partition coefficient (Wildman–Crippen LogP) is 33.0. The van der Waals surface area contributed by atoms with Gasteiger partial charge in [0.1, 0.15) is 0 Å². The zero-order chi connectivity index (χ0) is 80.6. The Balaban J connectivity index is 0.539. The van der Waals surface area contributed by atoms with Gasteiger partial charge in [0, 0.05) is 32.9 Å². The van der Waals surface area contributed by atoms with Crippen molar-refractivity contribution in [2.45, 2.75) is 0 Å². The second-order valence-electron chi connectivity index (χ2n) is 32.3. The van der Waals surface area contributed by atoms with Crippen molar-refractivity contribution in [2.24, 2.45) is 0 Å². The first-order valence-corrected chi connectivity index (χ1v) is 42.1. The van der Waals surface area contributed by atoms with E-state index < -0.39 is 0 Å². The molecular formula is C120H78N2. The standard InChI is InChI=1S/C120H78N2/c1-3-24-79(25-4-1)83-28-15-32-87(64-83)88-33-16-30-85(65-88)81-54-56-82(57-55-81)86-31-18-40-95(67-86)103-71-102(94-39-17-29-84(66-94)80-26-5-2-6-27-80)72-104(73-103)96-41-21-35-90(70-96)89-34-19-36-91(68-89)97-42-22-44-105(74-97)121-117-52-13-11-50-112(117)115-77-100(59-62-119(115)121)101-60-63-120-116(78-101)113-51-12-14-53-118(113)122(120)106-45-23-43-98(75-106)92-37-20-38-93(69-92)99-58-61-111-109-48-8-7-46-107(109)108-47-9-10-49-110(108)114(111)76-99/h1-78H. The van der Waals surface area contributed by atoms with E-state index in [1.165, 1.54) is 165 Å². The van der Waals surface area contributed by atoms with E-state index in [0.29, 0.717) is 0 Å². The SMILES string of the molecule is c1ccc(-c2cccc(-c3cccc(-c4ccc(-c5cccc(-c6cc(-c7cccc(-c8ccccc8)c7)cc(-c7cccc(-c8cccc(-c9cccc(-n%10c%11ccccc%11c%11cc(-c%12ccc%13c(c%12)c%12ccccc%12n%13-c%12cccc(-c%13cccc(-c%14ccc%15c%16ccccc%16c%16ccccc%16c%15c%14)c%13)c%12)ccc%11%10)c9)c8)c7)c6)c5)cc4)c3)c2)cc1. The molecule has 0 N–H and O–H groups in total. The fourth-order valence-corrected chi connectivity index (χ4v) is 19.0. The number of rotatable bonds is 15. The molecule has 0 aliphatic rings. The molecule has 0 saturated carbocycles. The Labute approximate surface area is 709 Å². The first-order valence-electron chi connectivity index (χ1n) is 42.1. The molecule has 0 bridgehead atoms. The van der Waals surface area contributed by atoms with Gasteiger partial charge >= 0.3 is 0 Å². The van der Waals surface area contributed by atoms with Gasteiger partial charge in [0.2, 0.25) is 0 Å². The maximum absolute atomic E-state index is 2.45. The van der Waals surface area contributed by atoms with Crippen molar-refractivity contribution in [1.29, 1.82) is 0 Å². The zero-order valence-corrected chi connectivity index (χ0v) is 66.9. The maximum atomic E-state index is 2.45. The molecule has 2 heteroatoms. The predicted molar refractivity (Wildman–Crippen MR) is 518 cm³/mol. The Morgan fingerprint density at radius 3 is 0.607 bits per heavy atom. The van der Waals surface area contributed by atoms with Crippen LogP contribution in [0.2, 0.25) is 0 Å². The van der Waals surface area contributed by atoms with Crippen LogP contribution in [0.25, 0.3) is 232 Å². The van der Waals surface area contributed by atoms with E-state index in [1.54, 1.807) is 0 Å². The molecule has 23 aromatic rings. The number of hydrogen-bond acceptors (Lipinski definition) is 0. The van der Waals surface area contributed by atoms with Crippen molar-refractivity contribution in [3.05, 3.63) is 473 Å². The van der Waals surface area contributed by atoms with Crippen molar-refractivity contribution >= 4 is 75.9 Å². The summed E-state index contributed by atoms with van der Waals surface area (Å²) in [7, 11) is 0. The fourth-order valence-electron chi connectivity index (χ4n) is 19.0. The molecule has 2 heterocycles. The van der Waals surface area contributed by atoms with Crippen molar-refractivity contribution in [3.8, 4) is 156 Å². The highest BCUT2D eigenvalue weighted by Gasteiger charge is 2.21. The molecule has 122 heavy (non-hydrogen) atoms. The number of para-hydroxylation sites is 2. The van der Waals surface area contributed by atoms with Crippen LogP contribution in [-0.2, 0) is 0 Å². The summed E-state index contributed by atoms with van der Waals surface area (Å²) in [5.41, 5.74) is 37.5. The molecule has 23 rings (SSSR count). The van der Waals surface area contributed by atoms with Crippen LogP contribution in [0.4, 0.5) is 0 Å². The molecular weight excluding hydrogens is 1470 g/mol. The summed E-state index contributed by atoms with van der Waals surface area (Å²) in [6.45, 7) is 0. The quantitative estimate of drug-likeness (QED) is 0.0906. The van der Waals surface area contributed by atoms with Gasteiger partial charge in [-0.3, -0.25) is 0 Å². The highest BCUT2D eigenvalue weighted by atomic mass is 15.0. The van der Waals surface area contributed by atoms with E-state index in [0.717, 1.165) is 67.0 Å². The van der Waals surface area contributed by atoms with Gasteiger partial charge in [0.05, 0.1) is 22.1 Å². The van der Waals surface area contributed by atoms with E-state index in [2.05, 4.69) is 482 Å². The van der Waals surface area contributed by atoms with Crippen LogP contribution in [0.5, 0.6) is 0 Å². The molecule has 2 aromatic heterocycles. The number of fused-ring (bicyclic) bond motifs is 12. The van der Waals surface area contributed by atoms with Gasteiger partial charge < -0.3 is 9.13 Å². The first-order chi connectivity index (χ1) is 60.4. The Bertz CT molecular complexity index is 8020. The summed E-state index contributed by atoms with van der Waals surface area (Å²) in [6.07, 6.45) is 0. The van der Waals surface area contributed by atoms with Gasteiger partial charge in [0.25, 0.3) is 0 Å². The third-order valence-corrected chi connectivity index (χ3v) is 25.0. The molecule has 21 aromatic carbocycles. The monoisotopic (exact) mass is 1550 g/mol. The van der Waals surface area contributed by atoms with E-state index in [9.17, 15) is 0 Å². The summed E-state index contributed by atoms with van der Waals surface area (Å²) in [4.78, 5) is 0. The van der Waals surface area contributed by atoms with Gasteiger partial charge in [-0.25, -0.2) is 0 Å². The van der Waals surface area contributed by atoms with E-state index >= 15 is 0 Å². The van der Waals surface area contributed by atoms with Crippen molar-refractivity contribution in [1.82, 2.24) is 9.13 Å². The molecule has 0 fully saturated rings. The number of aromatic nitrogens is 2.